The van der Waals surface area contributed by atoms with Crippen molar-refractivity contribution in [2.75, 3.05) is 12.4 Å². The van der Waals surface area contributed by atoms with E-state index in [-0.39, 0.29) is 18.1 Å². The van der Waals surface area contributed by atoms with Gasteiger partial charge in [-0.25, -0.2) is 0 Å². The van der Waals surface area contributed by atoms with Crippen molar-refractivity contribution in [2.24, 2.45) is 0 Å². The summed E-state index contributed by atoms with van der Waals surface area (Å²) in [6.07, 6.45) is 0. The van der Waals surface area contributed by atoms with Crippen molar-refractivity contribution < 1.29 is 18.8 Å². The molecule has 2 heterocycles. The van der Waals surface area contributed by atoms with Gasteiger partial charge in [0, 0.05) is 34.0 Å². The zero-order valence-electron chi connectivity index (χ0n) is 17.0. The van der Waals surface area contributed by atoms with Gasteiger partial charge in [-0.15, -0.1) is 11.8 Å². The van der Waals surface area contributed by atoms with E-state index in [0.29, 0.717) is 11.3 Å². The Labute approximate surface area is 174 Å². The molecule has 0 atom stereocenters. The third-order valence-corrected chi connectivity index (χ3v) is 5.69. The molecule has 0 amide bonds. The Morgan fingerprint density at radius 3 is 2.52 bits per heavy atom. The van der Waals surface area contributed by atoms with E-state index < -0.39 is 5.97 Å². The van der Waals surface area contributed by atoms with Crippen molar-refractivity contribution in [1.82, 2.24) is 9.72 Å². The van der Waals surface area contributed by atoms with Crippen LogP contribution in [0.15, 0.2) is 40.9 Å². The summed E-state index contributed by atoms with van der Waals surface area (Å²) in [5.74, 6) is 0.923. The minimum Gasteiger partial charge on any atom is -0.457 e. The standard InChI is InChI=1S/C22H24N2O4S/c1-14-10-19(16(3)24(14)18-8-6-5-7-9-18)21(25)11-27-22(26)13-29-12-20-15(2)23-28-17(20)4/h5-10H,11-13H2,1-4H3. The van der Waals surface area contributed by atoms with Crippen LogP contribution >= 0.6 is 11.8 Å². The Kier molecular flexibility index (Phi) is 6.59. The van der Waals surface area contributed by atoms with Crippen molar-refractivity contribution in [3.63, 3.8) is 0 Å². The Bertz CT molecular complexity index is 1000. The predicted molar refractivity (Wildman–Crippen MR) is 113 cm³/mol. The molecule has 7 heteroatoms. The first kappa shape index (κ1) is 20.9. The van der Waals surface area contributed by atoms with Crippen LogP contribution < -0.4 is 0 Å². The molecule has 0 N–H and O–H groups in total. The van der Waals surface area contributed by atoms with Gasteiger partial charge in [-0.2, -0.15) is 0 Å². The minimum atomic E-state index is -0.410. The van der Waals surface area contributed by atoms with E-state index in [9.17, 15) is 9.59 Å². The van der Waals surface area contributed by atoms with E-state index in [0.717, 1.165) is 34.1 Å². The van der Waals surface area contributed by atoms with Crippen LogP contribution in [0.1, 0.15) is 38.8 Å². The first-order valence-corrected chi connectivity index (χ1v) is 10.5. The first-order chi connectivity index (χ1) is 13.9. The fourth-order valence-electron chi connectivity index (χ4n) is 3.23. The molecule has 0 saturated heterocycles. The van der Waals surface area contributed by atoms with Crippen molar-refractivity contribution in [1.29, 1.82) is 0 Å². The second-order valence-electron chi connectivity index (χ2n) is 6.84. The summed E-state index contributed by atoms with van der Waals surface area (Å²) >= 11 is 1.41. The molecule has 0 spiro atoms. The molecule has 0 saturated carbocycles. The van der Waals surface area contributed by atoms with Gasteiger partial charge in [0.05, 0.1) is 11.4 Å². The quantitative estimate of drug-likeness (QED) is 0.404. The highest BCUT2D eigenvalue weighted by Crippen LogP contribution is 2.22. The Hall–Kier alpha value is -2.80. The summed E-state index contributed by atoms with van der Waals surface area (Å²) in [7, 11) is 0. The molecule has 29 heavy (non-hydrogen) atoms. The summed E-state index contributed by atoms with van der Waals surface area (Å²) in [4.78, 5) is 24.6. The van der Waals surface area contributed by atoms with Crippen molar-refractivity contribution in [3.8, 4) is 5.69 Å². The number of esters is 1. The molecular weight excluding hydrogens is 388 g/mol. The van der Waals surface area contributed by atoms with Gasteiger partial charge in [-0.3, -0.25) is 9.59 Å². The lowest BCUT2D eigenvalue weighted by Crippen LogP contribution is -2.16. The van der Waals surface area contributed by atoms with Crippen molar-refractivity contribution >= 4 is 23.5 Å². The lowest BCUT2D eigenvalue weighted by Gasteiger charge is -2.09. The van der Waals surface area contributed by atoms with E-state index in [4.69, 9.17) is 9.26 Å². The molecule has 0 bridgehead atoms. The van der Waals surface area contributed by atoms with E-state index >= 15 is 0 Å². The van der Waals surface area contributed by atoms with Crippen molar-refractivity contribution in [2.45, 2.75) is 33.4 Å². The van der Waals surface area contributed by atoms with E-state index in [1.54, 1.807) is 0 Å². The van der Waals surface area contributed by atoms with E-state index in [1.807, 2.05) is 68.7 Å². The Morgan fingerprint density at radius 2 is 1.86 bits per heavy atom. The van der Waals surface area contributed by atoms with Gasteiger partial charge in [0.2, 0.25) is 5.78 Å². The Balaban J connectivity index is 1.55. The zero-order chi connectivity index (χ0) is 21.0. The number of hydrogen-bond acceptors (Lipinski definition) is 6. The van der Waals surface area contributed by atoms with Gasteiger partial charge < -0.3 is 13.8 Å². The van der Waals surface area contributed by atoms with Gasteiger partial charge in [-0.1, -0.05) is 23.4 Å². The van der Waals surface area contributed by atoms with Crippen LogP contribution in [-0.4, -0.2) is 33.8 Å². The van der Waals surface area contributed by atoms with Crippen LogP contribution in [-0.2, 0) is 15.3 Å². The average molecular weight is 413 g/mol. The van der Waals surface area contributed by atoms with Gasteiger partial charge in [-0.05, 0) is 45.9 Å². The maximum absolute atomic E-state index is 12.6. The topological polar surface area (TPSA) is 74.3 Å². The molecule has 2 aromatic heterocycles. The zero-order valence-corrected chi connectivity index (χ0v) is 17.8. The summed E-state index contributed by atoms with van der Waals surface area (Å²) in [6.45, 7) is 7.31. The molecule has 0 aliphatic carbocycles. The summed E-state index contributed by atoms with van der Waals surface area (Å²) < 4.78 is 12.3. The number of rotatable bonds is 8. The van der Waals surface area contributed by atoms with Crippen LogP contribution in [0.5, 0.6) is 0 Å². The number of para-hydroxylation sites is 1. The van der Waals surface area contributed by atoms with Crippen LogP contribution in [0.25, 0.3) is 5.69 Å². The second kappa shape index (κ2) is 9.13. The number of aryl methyl sites for hydroxylation is 3. The fourth-order valence-corrected chi connectivity index (χ4v) is 4.20. The van der Waals surface area contributed by atoms with Crippen LogP contribution in [0.2, 0.25) is 0 Å². The highest BCUT2D eigenvalue weighted by molar-refractivity contribution is 7.99. The third kappa shape index (κ3) is 4.79. The lowest BCUT2D eigenvalue weighted by atomic mass is 10.1. The van der Waals surface area contributed by atoms with E-state index in [1.165, 1.54) is 11.8 Å². The number of hydrogen-bond donors (Lipinski definition) is 0. The van der Waals surface area contributed by atoms with Crippen LogP contribution in [0.4, 0.5) is 0 Å². The first-order valence-electron chi connectivity index (χ1n) is 9.31. The van der Waals surface area contributed by atoms with Crippen molar-refractivity contribution in [3.05, 3.63) is 70.4 Å². The molecule has 0 aliphatic heterocycles. The fraction of sp³-hybridized carbons (Fsp3) is 0.318. The molecule has 0 radical (unpaired) electrons. The number of carbonyl (C=O) groups is 2. The second-order valence-corrected chi connectivity index (χ2v) is 7.82. The molecule has 0 aliphatic rings. The largest absolute Gasteiger partial charge is 0.457 e. The van der Waals surface area contributed by atoms with Gasteiger partial charge in [0.1, 0.15) is 5.76 Å². The van der Waals surface area contributed by atoms with Crippen LogP contribution in [0.3, 0.4) is 0 Å². The summed E-state index contributed by atoms with van der Waals surface area (Å²) in [6, 6.07) is 11.7. The number of aromatic nitrogens is 2. The summed E-state index contributed by atoms with van der Waals surface area (Å²) in [5, 5.41) is 3.90. The summed E-state index contributed by atoms with van der Waals surface area (Å²) in [5.41, 5.74) is 5.18. The monoisotopic (exact) mass is 412 g/mol. The number of nitrogens with zero attached hydrogens (tertiary/aromatic N) is 2. The predicted octanol–water partition coefficient (Wildman–Crippen LogP) is 4.36. The maximum atomic E-state index is 12.6. The SMILES string of the molecule is Cc1noc(C)c1CSCC(=O)OCC(=O)c1cc(C)n(-c2ccccc2)c1C. The number of thioether (sulfide) groups is 1. The maximum Gasteiger partial charge on any atom is 0.316 e. The lowest BCUT2D eigenvalue weighted by molar-refractivity contribution is -0.139. The molecule has 3 rings (SSSR count). The highest BCUT2D eigenvalue weighted by Gasteiger charge is 2.18. The molecule has 152 valence electrons. The molecule has 3 aromatic rings. The smallest absolute Gasteiger partial charge is 0.316 e. The number of Topliss-reactive ketones (excluding diaryl/α,β-unsaturated/α-hetero) is 1. The number of carbonyl (C=O) groups excluding carboxylic acids is 2. The van der Waals surface area contributed by atoms with Gasteiger partial charge >= 0.3 is 5.97 Å². The molecular formula is C22H24N2O4S. The minimum absolute atomic E-state index is 0.167. The molecule has 0 fully saturated rings. The van der Waals surface area contributed by atoms with Gasteiger partial charge in [0.15, 0.2) is 6.61 Å². The third-order valence-electron chi connectivity index (χ3n) is 4.76. The number of ketones is 1. The number of benzene rings is 1. The molecule has 6 nitrogen and oxygen atoms in total. The average Bonchev–Trinajstić information content (AvgIpc) is 3.19. The normalized spacial score (nSPS) is 10.9. The van der Waals surface area contributed by atoms with Gasteiger partial charge in [0.25, 0.3) is 0 Å². The Morgan fingerprint density at radius 1 is 1.14 bits per heavy atom. The molecule has 1 aromatic carbocycles. The molecule has 0 unspecified atom stereocenters. The van der Waals surface area contributed by atoms with Crippen LogP contribution in [0, 0.1) is 27.7 Å². The van der Waals surface area contributed by atoms with E-state index in [2.05, 4.69) is 5.16 Å². The highest BCUT2D eigenvalue weighted by atomic mass is 32.2. The number of ether oxygens (including phenoxy) is 1.